The topological polar surface area (TPSA) is 11.4 Å². The molecule has 11 aromatic rings. The predicted octanol–water partition coefficient (Wildman–Crippen LogP) is 16.1. The average molecular weight is 816 g/mol. The van der Waals surface area contributed by atoms with E-state index in [1.54, 1.807) is 0 Å². The Morgan fingerprint density at radius 2 is 0.953 bits per heavy atom. The molecule has 1 aromatic heterocycles. The molecule has 1 aliphatic carbocycles. The van der Waals surface area contributed by atoms with Crippen LogP contribution in [-0.4, -0.2) is 4.57 Å². The summed E-state index contributed by atoms with van der Waals surface area (Å²) in [6.07, 6.45) is 0. The molecule has 1 unspecified atom stereocenters. The molecule has 0 radical (unpaired) electrons. The lowest BCUT2D eigenvalue weighted by atomic mass is 9.65. The van der Waals surface area contributed by atoms with Crippen LogP contribution in [0.3, 0.4) is 0 Å². The van der Waals surface area contributed by atoms with Gasteiger partial charge in [-0.15, -0.1) is 0 Å². The van der Waals surface area contributed by atoms with Crippen molar-refractivity contribution in [3.05, 3.63) is 271 Å². The van der Waals surface area contributed by atoms with E-state index >= 15 is 0 Å². The fourth-order valence-corrected chi connectivity index (χ4v) is 11.0. The van der Waals surface area contributed by atoms with Gasteiger partial charge in [0.2, 0.25) is 0 Å². The predicted molar refractivity (Wildman–Crippen MR) is 266 cm³/mol. The number of aromatic nitrogens is 1. The molecule has 1 aliphatic heterocycles. The molecule has 300 valence electrons. The molecule has 1 atom stereocenters. The van der Waals surface area contributed by atoms with Crippen molar-refractivity contribution in [2.75, 3.05) is 9.80 Å². The highest BCUT2D eigenvalue weighted by molar-refractivity contribution is 6.11. The maximum absolute atomic E-state index is 2.50. The number of rotatable bonds is 7. The summed E-state index contributed by atoms with van der Waals surface area (Å²) in [7, 11) is 0. The van der Waals surface area contributed by atoms with Crippen molar-refractivity contribution in [1.29, 1.82) is 0 Å². The van der Waals surface area contributed by atoms with Gasteiger partial charge in [0.1, 0.15) is 0 Å². The highest BCUT2D eigenvalue weighted by Crippen LogP contribution is 2.65. The molecular weight excluding hydrogens is 775 g/mol. The highest BCUT2D eigenvalue weighted by Gasteiger charge is 2.52. The first-order valence-corrected chi connectivity index (χ1v) is 22.1. The second kappa shape index (κ2) is 14.3. The Labute approximate surface area is 373 Å². The molecule has 0 bridgehead atoms. The zero-order chi connectivity index (χ0) is 42.2. The molecule has 0 saturated heterocycles. The third-order valence-electron chi connectivity index (χ3n) is 13.5. The first kappa shape index (κ1) is 36.3. The van der Waals surface area contributed by atoms with Gasteiger partial charge in [-0.25, -0.2) is 0 Å². The van der Waals surface area contributed by atoms with E-state index in [2.05, 4.69) is 263 Å². The molecule has 2 heterocycles. The summed E-state index contributed by atoms with van der Waals surface area (Å²) in [6.45, 7) is 0. The average Bonchev–Trinajstić information content (AvgIpc) is 3.86. The molecule has 10 aromatic carbocycles. The molecule has 0 fully saturated rings. The second-order valence-electron chi connectivity index (χ2n) is 16.8. The SMILES string of the molecule is c1ccc(-c2ccccc2N(c2ccc3c(c2)C2(c4ccccc4)c4ccccc4N(c4ccccc4)c4cccc-3c42)c2ccc3c(c2)c2ccccc2n3-c2ccccc2)cc1. The summed E-state index contributed by atoms with van der Waals surface area (Å²) in [4.78, 5) is 4.95. The van der Waals surface area contributed by atoms with Crippen LogP contribution in [0, 0.1) is 0 Å². The molecule has 0 saturated carbocycles. The Morgan fingerprint density at radius 1 is 0.359 bits per heavy atom. The third-order valence-corrected chi connectivity index (χ3v) is 13.5. The van der Waals surface area contributed by atoms with Crippen molar-refractivity contribution >= 4 is 55.9 Å². The van der Waals surface area contributed by atoms with E-state index in [4.69, 9.17) is 0 Å². The van der Waals surface area contributed by atoms with E-state index in [-0.39, 0.29) is 0 Å². The molecular formula is C61H41N3. The van der Waals surface area contributed by atoms with Gasteiger partial charge in [-0.2, -0.15) is 0 Å². The van der Waals surface area contributed by atoms with Gasteiger partial charge in [0.05, 0.1) is 33.5 Å². The van der Waals surface area contributed by atoms with E-state index < -0.39 is 5.41 Å². The smallest absolute Gasteiger partial charge is 0.0755 e. The minimum atomic E-state index is -0.585. The van der Waals surface area contributed by atoms with E-state index in [9.17, 15) is 0 Å². The van der Waals surface area contributed by atoms with Gasteiger partial charge >= 0.3 is 0 Å². The number of fused-ring (bicyclic) bond motifs is 8. The summed E-state index contributed by atoms with van der Waals surface area (Å²) in [5, 5.41) is 2.43. The van der Waals surface area contributed by atoms with Crippen LogP contribution < -0.4 is 9.80 Å². The van der Waals surface area contributed by atoms with Crippen LogP contribution in [0.1, 0.15) is 22.3 Å². The number of hydrogen-bond acceptors (Lipinski definition) is 2. The van der Waals surface area contributed by atoms with E-state index in [0.717, 1.165) is 28.4 Å². The van der Waals surface area contributed by atoms with Gasteiger partial charge in [-0.1, -0.05) is 170 Å². The Kier molecular flexibility index (Phi) is 8.13. The summed E-state index contributed by atoms with van der Waals surface area (Å²) in [5.74, 6) is 0. The summed E-state index contributed by atoms with van der Waals surface area (Å²) in [5.41, 5.74) is 19.8. The van der Waals surface area contributed by atoms with Gasteiger partial charge in [-0.3, -0.25) is 0 Å². The highest BCUT2D eigenvalue weighted by atomic mass is 15.2. The Morgan fingerprint density at radius 3 is 1.77 bits per heavy atom. The third kappa shape index (κ3) is 5.22. The first-order valence-electron chi connectivity index (χ1n) is 22.1. The molecule has 64 heavy (non-hydrogen) atoms. The Balaban J connectivity index is 1.10. The van der Waals surface area contributed by atoms with Crippen molar-refractivity contribution in [3.63, 3.8) is 0 Å². The number of nitrogens with zero attached hydrogens (tertiary/aromatic N) is 3. The van der Waals surface area contributed by atoms with Gasteiger partial charge in [-0.05, 0) is 112 Å². The standard InChI is InChI=1S/C61H41N3/c1-5-20-42(21-6-1)48-28-13-16-32-55(48)62(46-37-39-57-52(40-46)50-29-14-17-33-56(50)63(57)44-24-9-3-10-25-44)47-36-38-49-51-30-19-35-59-60(51)61(54(49)41-47,43-22-7-2-8-23-43)53-31-15-18-34-58(53)64(59)45-26-11-4-12-27-45/h1-41H. The fraction of sp³-hybridized carbons (Fsp3) is 0.0164. The maximum atomic E-state index is 2.50. The lowest BCUT2D eigenvalue weighted by Crippen LogP contribution is -2.36. The number of para-hydroxylation sites is 5. The summed E-state index contributed by atoms with van der Waals surface area (Å²) >= 11 is 0. The van der Waals surface area contributed by atoms with E-state index in [1.807, 2.05) is 0 Å². The number of anilines is 6. The van der Waals surface area contributed by atoms with Crippen LogP contribution >= 0.6 is 0 Å². The zero-order valence-corrected chi connectivity index (χ0v) is 35.0. The van der Waals surface area contributed by atoms with Gasteiger partial charge in [0, 0.05) is 44.6 Å². The van der Waals surface area contributed by atoms with Crippen molar-refractivity contribution in [2.45, 2.75) is 5.41 Å². The minimum Gasteiger partial charge on any atom is -0.310 e. The van der Waals surface area contributed by atoms with Crippen molar-refractivity contribution < 1.29 is 0 Å². The molecule has 0 amide bonds. The lowest BCUT2D eigenvalue weighted by Gasteiger charge is -2.44. The Bertz CT molecular complexity index is 3560. The molecule has 13 rings (SSSR count). The molecule has 2 aliphatic rings. The molecule has 3 heteroatoms. The van der Waals surface area contributed by atoms with Crippen LogP contribution in [-0.2, 0) is 5.41 Å². The largest absolute Gasteiger partial charge is 0.310 e. The van der Waals surface area contributed by atoms with Gasteiger partial charge < -0.3 is 14.4 Å². The van der Waals surface area contributed by atoms with Gasteiger partial charge in [0.25, 0.3) is 0 Å². The summed E-state index contributed by atoms with van der Waals surface area (Å²) in [6, 6.07) is 91.4. The fourth-order valence-electron chi connectivity index (χ4n) is 11.0. The monoisotopic (exact) mass is 815 g/mol. The van der Waals surface area contributed by atoms with Crippen LogP contribution in [0.15, 0.2) is 249 Å². The summed E-state index contributed by atoms with van der Waals surface area (Å²) < 4.78 is 2.39. The zero-order valence-electron chi connectivity index (χ0n) is 35.0. The van der Waals surface area contributed by atoms with Crippen LogP contribution in [0.25, 0.3) is 49.7 Å². The molecule has 3 nitrogen and oxygen atoms in total. The van der Waals surface area contributed by atoms with Crippen LogP contribution in [0.2, 0.25) is 0 Å². The molecule has 0 N–H and O–H groups in total. The lowest BCUT2D eigenvalue weighted by molar-refractivity contribution is 0.753. The normalized spacial score (nSPS) is 14.6. The number of benzene rings is 10. The first-order chi connectivity index (χ1) is 31.8. The molecule has 0 spiro atoms. The Hall–Kier alpha value is -8.40. The van der Waals surface area contributed by atoms with Crippen molar-refractivity contribution in [2.24, 2.45) is 0 Å². The van der Waals surface area contributed by atoms with Crippen molar-refractivity contribution in [3.8, 4) is 27.9 Å². The number of hydrogen-bond donors (Lipinski definition) is 0. The minimum absolute atomic E-state index is 0.585. The van der Waals surface area contributed by atoms with Crippen LogP contribution in [0.4, 0.5) is 34.1 Å². The maximum Gasteiger partial charge on any atom is 0.0755 e. The van der Waals surface area contributed by atoms with Crippen molar-refractivity contribution in [1.82, 2.24) is 4.57 Å². The quantitative estimate of drug-likeness (QED) is 0.159. The second-order valence-corrected chi connectivity index (χ2v) is 16.8. The van der Waals surface area contributed by atoms with E-state index in [1.165, 1.54) is 77.7 Å². The van der Waals surface area contributed by atoms with E-state index in [0.29, 0.717) is 0 Å². The van der Waals surface area contributed by atoms with Gasteiger partial charge in [0.15, 0.2) is 0 Å². The van der Waals surface area contributed by atoms with Crippen LogP contribution in [0.5, 0.6) is 0 Å².